The molecular formula is C18H28N2OS. The van der Waals surface area contributed by atoms with Crippen LogP contribution >= 0.6 is 11.3 Å². The first-order chi connectivity index (χ1) is 10.6. The van der Waals surface area contributed by atoms with Gasteiger partial charge in [0.05, 0.1) is 5.56 Å². The Hall–Kier alpha value is -1.34. The minimum absolute atomic E-state index is 0.0361. The van der Waals surface area contributed by atoms with Gasteiger partial charge in [-0.1, -0.05) is 52.4 Å². The van der Waals surface area contributed by atoms with E-state index < -0.39 is 0 Å². The van der Waals surface area contributed by atoms with E-state index in [2.05, 4.69) is 18.3 Å². The van der Waals surface area contributed by atoms with E-state index in [4.69, 9.17) is 0 Å². The second-order valence-electron chi connectivity index (χ2n) is 5.73. The Morgan fingerprint density at radius 2 is 1.77 bits per heavy atom. The van der Waals surface area contributed by atoms with Gasteiger partial charge in [0.1, 0.15) is 11.1 Å². The number of amides is 1. The van der Waals surface area contributed by atoms with Gasteiger partial charge in [0.2, 0.25) is 5.91 Å². The molecule has 0 aliphatic rings. The first kappa shape index (κ1) is 18.7. The molecule has 4 heteroatoms. The monoisotopic (exact) mass is 320 g/mol. The van der Waals surface area contributed by atoms with Gasteiger partial charge in [0.15, 0.2) is 0 Å². The zero-order valence-electron chi connectivity index (χ0n) is 14.1. The van der Waals surface area contributed by atoms with Crippen LogP contribution in [0.4, 0.5) is 5.00 Å². The number of carbonyl (C=O) groups is 1. The third-order valence-electron chi connectivity index (χ3n) is 3.93. The number of anilines is 1. The minimum atomic E-state index is 0.0361. The van der Waals surface area contributed by atoms with Gasteiger partial charge in [-0.25, -0.2) is 0 Å². The lowest BCUT2D eigenvalue weighted by Crippen LogP contribution is -2.11. The van der Waals surface area contributed by atoms with E-state index in [9.17, 15) is 10.1 Å². The fourth-order valence-corrected chi connectivity index (χ4v) is 3.75. The zero-order valence-corrected chi connectivity index (χ0v) is 14.9. The van der Waals surface area contributed by atoms with Crippen molar-refractivity contribution in [2.24, 2.45) is 0 Å². The summed E-state index contributed by atoms with van der Waals surface area (Å²) in [6, 6.07) is 2.23. The number of nitriles is 1. The molecule has 0 unspecified atom stereocenters. The van der Waals surface area contributed by atoms with Gasteiger partial charge in [0.25, 0.3) is 0 Å². The van der Waals surface area contributed by atoms with E-state index in [1.165, 1.54) is 43.4 Å². The topological polar surface area (TPSA) is 52.9 Å². The lowest BCUT2D eigenvalue weighted by Gasteiger charge is -2.04. The van der Waals surface area contributed by atoms with E-state index >= 15 is 0 Å². The molecule has 0 aromatic carbocycles. The summed E-state index contributed by atoms with van der Waals surface area (Å²) < 4.78 is 0. The lowest BCUT2D eigenvalue weighted by atomic mass is 10.1. The maximum Gasteiger partial charge on any atom is 0.225 e. The van der Waals surface area contributed by atoms with E-state index in [1.54, 1.807) is 0 Å². The number of carbonyl (C=O) groups excluding carboxylic acids is 1. The first-order valence-electron chi connectivity index (χ1n) is 8.46. The molecule has 0 spiro atoms. The predicted molar refractivity (Wildman–Crippen MR) is 94.4 cm³/mol. The predicted octanol–water partition coefficient (Wildman–Crippen LogP) is 5.57. The molecule has 1 aromatic rings. The van der Waals surface area contributed by atoms with Crippen LogP contribution in [0, 0.1) is 18.3 Å². The Labute approximate surface area is 138 Å². The van der Waals surface area contributed by atoms with Gasteiger partial charge in [-0.05, 0) is 25.3 Å². The molecule has 3 nitrogen and oxygen atoms in total. The Kier molecular flexibility index (Phi) is 8.84. The van der Waals surface area contributed by atoms with Crippen molar-refractivity contribution in [1.29, 1.82) is 5.26 Å². The van der Waals surface area contributed by atoms with Crippen molar-refractivity contribution < 1.29 is 4.79 Å². The van der Waals surface area contributed by atoms with Crippen LogP contribution in [0.15, 0.2) is 0 Å². The van der Waals surface area contributed by atoms with E-state index in [-0.39, 0.29) is 5.91 Å². The van der Waals surface area contributed by atoms with Gasteiger partial charge in [-0.2, -0.15) is 5.26 Å². The van der Waals surface area contributed by atoms with Crippen molar-refractivity contribution in [2.75, 3.05) is 5.32 Å². The van der Waals surface area contributed by atoms with E-state index in [0.717, 1.165) is 34.7 Å². The number of hydrogen-bond donors (Lipinski definition) is 1. The zero-order chi connectivity index (χ0) is 16.4. The fourth-order valence-electron chi connectivity index (χ4n) is 2.64. The highest BCUT2D eigenvalue weighted by atomic mass is 32.1. The number of rotatable bonds is 10. The van der Waals surface area contributed by atoms with Crippen LogP contribution in [-0.4, -0.2) is 5.91 Å². The molecule has 0 aliphatic heterocycles. The molecule has 1 aromatic heterocycles. The standard InChI is InChI=1S/C18H28N2OS/c1-4-6-7-8-9-10-11-12-17(21)20-18-16(13-19)15(5-2)14(3)22-18/h4-12H2,1-3H3,(H,20,21). The summed E-state index contributed by atoms with van der Waals surface area (Å²) in [5, 5.41) is 12.9. The summed E-state index contributed by atoms with van der Waals surface area (Å²) in [4.78, 5) is 13.1. The van der Waals surface area contributed by atoms with E-state index in [0.29, 0.717) is 12.0 Å². The molecule has 0 saturated heterocycles. The summed E-state index contributed by atoms with van der Waals surface area (Å²) in [6.45, 7) is 6.27. The molecule has 0 atom stereocenters. The van der Waals surface area contributed by atoms with Crippen LogP contribution in [0.1, 0.15) is 81.2 Å². The highest BCUT2D eigenvalue weighted by molar-refractivity contribution is 7.16. The van der Waals surface area contributed by atoms with Gasteiger partial charge in [0, 0.05) is 11.3 Å². The third-order valence-corrected chi connectivity index (χ3v) is 5.00. The second kappa shape index (κ2) is 10.4. The summed E-state index contributed by atoms with van der Waals surface area (Å²) in [5.41, 5.74) is 1.72. The number of aryl methyl sites for hydroxylation is 1. The largest absolute Gasteiger partial charge is 0.317 e. The third kappa shape index (κ3) is 5.81. The van der Waals surface area contributed by atoms with Crippen molar-refractivity contribution in [3.8, 4) is 6.07 Å². The normalized spacial score (nSPS) is 10.5. The molecule has 0 aliphatic carbocycles. The van der Waals surface area contributed by atoms with Gasteiger partial charge in [-0.3, -0.25) is 4.79 Å². The van der Waals surface area contributed by atoms with Crippen molar-refractivity contribution >= 4 is 22.2 Å². The highest BCUT2D eigenvalue weighted by Gasteiger charge is 2.15. The summed E-state index contributed by atoms with van der Waals surface area (Å²) >= 11 is 1.52. The Bertz CT molecular complexity index is 514. The number of nitrogens with one attached hydrogen (secondary N) is 1. The summed E-state index contributed by atoms with van der Waals surface area (Å²) in [6.07, 6.45) is 9.82. The SMILES string of the molecule is CCCCCCCCCC(=O)Nc1sc(C)c(CC)c1C#N. The quantitative estimate of drug-likeness (QED) is 0.573. The molecule has 122 valence electrons. The molecule has 22 heavy (non-hydrogen) atoms. The summed E-state index contributed by atoms with van der Waals surface area (Å²) in [5.74, 6) is 0.0361. The average Bonchev–Trinajstić information content (AvgIpc) is 2.80. The minimum Gasteiger partial charge on any atom is -0.317 e. The van der Waals surface area contributed by atoms with Crippen molar-refractivity contribution in [1.82, 2.24) is 0 Å². The molecule has 1 N–H and O–H groups in total. The number of hydrogen-bond acceptors (Lipinski definition) is 3. The van der Waals surface area contributed by atoms with Crippen molar-refractivity contribution in [3.63, 3.8) is 0 Å². The molecular weight excluding hydrogens is 292 g/mol. The maximum atomic E-state index is 12.0. The second-order valence-corrected chi connectivity index (χ2v) is 6.95. The van der Waals surface area contributed by atoms with E-state index in [1.807, 2.05) is 13.8 Å². The highest BCUT2D eigenvalue weighted by Crippen LogP contribution is 2.32. The molecule has 1 amide bonds. The number of nitrogens with zero attached hydrogens (tertiary/aromatic N) is 1. The fraction of sp³-hybridized carbons (Fsp3) is 0.667. The molecule has 1 heterocycles. The van der Waals surface area contributed by atoms with Crippen LogP contribution in [0.3, 0.4) is 0 Å². The van der Waals surface area contributed by atoms with Crippen LogP contribution in [-0.2, 0) is 11.2 Å². The average molecular weight is 321 g/mol. The van der Waals surface area contributed by atoms with Crippen molar-refractivity contribution in [2.45, 2.75) is 78.6 Å². The van der Waals surface area contributed by atoms with Crippen LogP contribution in [0.2, 0.25) is 0 Å². The maximum absolute atomic E-state index is 12.0. The van der Waals surface area contributed by atoms with Gasteiger partial charge >= 0.3 is 0 Å². The Morgan fingerprint density at radius 3 is 2.36 bits per heavy atom. The first-order valence-corrected chi connectivity index (χ1v) is 9.27. The lowest BCUT2D eigenvalue weighted by molar-refractivity contribution is -0.116. The number of unbranched alkanes of at least 4 members (excludes halogenated alkanes) is 6. The smallest absolute Gasteiger partial charge is 0.225 e. The molecule has 0 bridgehead atoms. The molecule has 0 saturated carbocycles. The Morgan fingerprint density at radius 1 is 1.14 bits per heavy atom. The van der Waals surface area contributed by atoms with Crippen molar-refractivity contribution in [3.05, 3.63) is 16.0 Å². The molecule has 0 fully saturated rings. The molecule has 1 rings (SSSR count). The number of thiophene rings is 1. The summed E-state index contributed by atoms with van der Waals surface area (Å²) in [7, 11) is 0. The van der Waals surface area contributed by atoms with Gasteiger partial charge in [-0.15, -0.1) is 11.3 Å². The molecule has 0 radical (unpaired) electrons. The van der Waals surface area contributed by atoms with Crippen LogP contribution in [0.5, 0.6) is 0 Å². The van der Waals surface area contributed by atoms with Crippen LogP contribution < -0.4 is 5.32 Å². The van der Waals surface area contributed by atoms with Gasteiger partial charge < -0.3 is 5.32 Å². The van der Waals surface area contributed by atoms with Crippen LogP contribution in [0.25, 0.3) is 0 Å². The Balaban J connectivity index is 2.35.